The number of benzene rings is 1. The van der Waals surface area contributed by atoms with Gasteiger partial charge in [-0.2, -0.15) is 0 Å². The van der Waals surface area contributed by atoms with Gasteiger partial charge in [-0.15, -0.1) is 0 Å². The van der Waals surface area contributed by atoms with Crippen molar-refractivity contribution in [3.63, 3.8) is 0 Å². The molecule has 1 saturated heterocycles. The number of halogens is 1. The summed E-state index contributed by atoms with van der Waals surface area (Å²) in [6, 6.07) is 6.72. The number of carbonyl (C=O) groups excluding carboxylic acids is 1. The van der Waals surface area contributed by atoms with Crippen molar-refractivity contribution in [3.8, 4) is 0 Å². The van der Waals surface area contributed by atoms with E-state index in [1.165, 1.54) is 12.1 Å². The number of amides is 1. The van der Waals surface area contributed by atoms with E-state index < -0.39 is 5.41 Å². The summed E-state index contributed by atoms with van der Waals surface area (Å²) in [5.41, 5.74) is 0.134. The van der Waals surface area contributed by atoms with E-state index in [-0.39, 0.29) is 17.8 Å². The zero-order valence-electron chi connectivity index (χ0n) is 11.7. The first-order valence-electron chi connectivity index (χ1n) is 7.26. The van der Waals surface area contributed by atoms with Crippen LogP contribution in [0.4, 0.5) is 4.39 Å². The standard InChI is InChI=1S/C16H20FNO2/c1-11-9-14(11)18-15(19)16(5-7-20-8-6-16)12-3-2-4-13(17)10-12/h2-4,10-11,14H,5-9H2,1H3,(H,18,19). The van der Waals surface area contributed by atoms with Gasteiger partial charge in [0, 0.05) is 19.3 Å². The first kappa shape index (κ1) is 13.6. The molecule has 2 aliphatic rings. The molecule has 1 aromatic carbocycles. The normalized spacial score (nSPS) is 27.9. The number of hydrogen-bond acceptors (Lipinski definition) is 2. The van der Waals surface area contributed by atoms with Crippen molar-refractivity contribution in [1.82, 2.24) is 5.32 Å². The van der Waals surface area contributed by atoms with Crippen molar-refractivity contribution in [2.45, 2.75) is 37.6 Å². The number of carbonyl (C=O) groups is 1. The monoisotopic (exact) mass is 277 g/mol. The van der Waals surface area contributed by atoms with Crippen LogP contribution in [-0.2, 0) is 14.9 Å². The molecule has 2 atom stereocenters. The Bertz CT molecular complexity index is 511. The summed E-state index contributed by atoms with van der Waals surface area (Å²) >= 11 is 0. The molecule has 0 radical (unpaired) electrons. The fraction of sp³-hybridized carbons (Fsp3) is 0.562. The third kappa shape index (κ3) is 2.44. The van der Waals surface area contributed by atoms with Crippen LogP contribution >= 0.6 is 0 Å². The minimum atomic E-state index is -0.636. The first-order chi connectivity index (χ1) is 9.62. The van der Waals surface area contributed by atoms with Gasteiger partial charge in [0.1, 0.15) is 5.82 Å². The molecule has 3 nitrogen and oxygen atoms in total. The molecule has 4 heteroatoms. The lowest BCUT2D eigenvalue weighted by molar-refractivity contribution is -0.130. The Morgan fingerprint density at radius 2 is 2.10 bits per heavy atom. The van der Waals surface area contributed by atoms with Gasteiger partial charge in [0.05, 0.1) is 5.41 Å². The molecule has 0 bridgehead atoms. The highest BCUT2D eigenvalue weighted by Crippen LogP contribution is 2.37. The van der Waals surface area contributed by atoms with E-state index >= 15 is 0 Å². The van der Waals surface area contributed by atoms with Crippen molar-refractivity contribution in [1.29, 1.82) is 0 Å². The Balaban J connectivity index is 1.89. The smallest absolute Gasteiger partial charge is 0.231 e. The van der Waals surface area contributed by atoms with Crippen LogP contribution in [0.15, 0.2) is 24.3 Å². The van der Waals surface area contributed by atoms with Gasteiger partial charge in [-0.3, -0.25) is 4.79 Å². The molecule has 20 heavy (non-hydrogen) atoms. The average molecular weight is 277 g/mol. The molecule has 108 valence electrons. The summed E-state index contributed by atoms with van der Waals surface area (Å²) in [4.78, 5) is 12.7. The van der Waals surface area contributed by atoms with Crippen LogP contribution in [0.1, 0.15) is 31.7 Å². The maximum absolute atomic E-state index is 13.5. The largest absolute Gasteiger partial charge is 0.381 e. The fourth-order valence-electron chi connectivity index (χ4n) is 2.98. The number of hydrogen-bond donors (Lipinski definition) is 1. The molecule has 1 aliphatic heterocycles. The SMILES string of the molecule is CC1CC1NC(=O)C1(c2cccc(F)c2)CCOCC1. The maximum Gasteiger partial charge on any atom is 0.231 e. The van der Waals surface area contributed by atoms with Crippen molar-refractivity contribution >= 4 is 5.91 Å². The number of nitrogens with one attached hydrogen (secondary N) is 1. The quantitative estimate of drug-likeness (QED) is 0.921. The second-order valence-electron chi connectivity index (χ2n) is 6.00. The lowest BCUT2D eigenvalue weighted by Gasteiger charge is -2.36. The third-order valence-electron chi connectivity index (χ3n) is 4.58. The summed E-state index contributed by atoms with van der Waals surface area (Å²) in [5, 5.41) is 3.12. The fourth-order valence-corrected chi connectivity index (χ4v) is 2.98. The summed E-state index contributed by atoms with van der Waals surface area (Å²) in [7, 11) is 0. The van der Waals surface area contributed by atoms with Crippen molar-refractivity contribution in [2.24, 2.45) is 5.92 Å². The predicted molar refractivity (Wildman–Crippen MR) is 73.8 cm³/mol. The third-order valence-corrected chi connectivity index (χ3v) is 4.58. The van der Waals surface area contributed by atoms with Crippen LogP contribution in [0, 0.1) is 11.7 Å². The summed E-state index contributed by atoms with van der Waals surface area (Å²) in [5.74, 6) is 0.296. The molecular weight excluding hydrogens is 257 g/mol. The molecule has 1 heterocycles. The molecule has 0 spiro atoms. The number of rotatable bonds is 3. The summed E-state index contributed by atoms with van der Waals surface area (Å²) < 4.78 is 18.9. The van der Waals surface area contributed by atoms with Gasteiger partial charge in [0.15, 0.2) is 0 Å². The van der Waals surface area contributed by atoms with Gasteiger partial charge >= 0.3 is 0 Å². The van der Waals surface area contributed by atoms with E-state index in [4.69, 9.17) is 4.74 Å². The van der Waals surface area contributed by atoms with Gasteiger partial charge in [-0.05, 0) is 42.9 Å². The summed E-state index contributed by atoms with van der Waals surface area (Å²) in [6.45, 7) is 3.22. The van der Waals surface area contributed by atoms with Gasteiger partial charge < -0.3 is 10.1 Å². The lowest BCUT2D eigenvalue weighted by atomic mass is 9.73. The Morgan fingerprint density at radius 3 is 2.70 bits per heavy atom. The van der Waals surface area contributed by atoms with Crippen LogP contribution in [0.2, 0.25) is 0 Å². The zero-order chi connectivity index (χ0) is 14.2. The highest BCUT2D eigenvalue weighted by Gasteiger charge is 2.45. The highest BCUT2D eigenvalue weighted by molar-refractivity contribution is 5.88. The second-order valence-corrected chi connectivity index (χ2v) is 6.00. The van der Waals surface area contributed by atoms with Gasteiger partial charge in [-0.25, -0.2) is 4.39 Å². The van der Waals surface area contributed by atoms with Crippen LogP contribution < -0.4 is 5.32 Å². The predicted octanol–water partition coefficient (Wildman–Crippen LogP) is 2.40. The molecule has 0 aromatic heterocycles. The minimum absolute atomic E-state index is 0.0285. The van der Waals surface area contributed by atoms with E-state index in [0.717, 1.165) is 12.0 Å². The summed E-state index contributed by atoms with van der Waals surface area (Å²) in [6.07, 6.45) is 2.27. The van der Waals surface area contributed by atoms with E-state index in [1.54, 1.807) is 6.07 Å². The Hall–Kier alpha value is -1.42. The molecule has 2 unspecified atom stereocenters. The van der Waals surface area contributed by atoms with E-state index in [2.05, 4.69) is 12.2 Å². The van der Waals surface area contributed by atoms with Gasteiger partial charge in [-0.1, -0.05) is 19.1 Å². The van der Waals surface area contributed by atoms with E-state index in [0.29, 0.717) is 32.0 Å². The Kier molecular flexibility index (Phi) is 3.50. The van der Waals surface area contributed by atoms with Crippen LogP contribution in [0.3, 0.4) is 0 Å². The number of ether oxygens (including phenoxy) is 1. The van der Waals surface area contributed by atoms with Crippen molar-refractivity contribution < 1.29 is 13.9 Å². The van der Waals surface area contributed by atoms with Crippen LogP contribution in [0.25, 0.3) is 0 Å². The van der Waals surface area contributed by atoms with E-state index in [9.17, 15) is 9.18 Å². The first-order valence-corrected chi connectivity index (χ1v) is 7.26. The Labute approximate surface area is 118 Å². The van der Waals surface area contributed by atoms with Crippen molar-refractivity contribution in [3.05, 3.63) is 35.6 Å². The minimum Gasteiger partial charge on any atom is -0.381 e. The lowest BCUT2D eigenvalue weighted by Crippen LogP contribution is -2.49. The molecule has 1 aromatic rings. The second kappa shape index (κ2) is 5.17. The molecule has 1 saturated carbocycles. The van der Waals surface area contributed by atoms with Gasteiger partial charge in [0.25, 0.3) is 0 Å². The highest BCUT2D eigenvalue weighted by atomic mass is 19.1. The van der Waals surface area contributed by atoms with Crippen molar-refractivity contribution in [2.75, 3.05) is 13.2 Å². The van der Waals surface area contributed by atoms with Crippen LogP contribution in [0.5, 0.6) is 0 Å². The molecular formula is C16H20FNO2. The van der Waals surface area contributed by atoms with Gasteiger partial charge in [0.2, 0.25) is 5.91 Å². The zero-order valence-corrected chi connectivity index (χ0v) is 11.7. The maximum atomic E-state index is 13.5. The molecule has 1 aliphatic carbocycles. The molecule has 3 rings (SSSR count). The molecule has 2 fully saturated rings. The molecule has 1 amide bonds. The Morgan fingerprint density at radius 1 is 1.40 bits per heavy atom. The topological polar surface area (TPSA) is 38.3 Å². The average Bonchev–Trinajstić information content (AvgIpc) is 3.15. The molecule has 1 N–H and O–H groups in total. The van der Waals surface area contributed by atoms with Crippen LogP contribution in [-0.4, -0.2) is 25.2 Å². The van der Waals surface area contributed by atoms with E-state index in [1.807, 2.05) is 6.07 Å².